The Kier molecular flexibility index (Phi) is 5.80. The Morgan fingerprint density at radius 2 is 1.86 bits per heavy atom. The van der Waals surface area contributed by atoms with Gasteiger partial charge in [0.05, 0.1) is 11.2 Å². The van der Waals surface area contributed by atoms with Crippen LogP contribution in [0.5, 0.6) is 0 Å². The van der Waals surface area contributed by atoms with Gasteiger partial charge >= 0.3 is 0 Å². The van der Waals surface area contributed by atoms with Crippen molar-refractivity contribution < 1.29 is 0 Å². The third kappa shape index (κ3) is 4.57. The second-order valence-corrected chi connectivity index (χ2v) is 6.75. The van der Waals surface area contributed by atoms with E-state index in [9.17, 15) is 0 Å². The molecule has 0 saturated carbocycles. The highest BCUT2D eigenvalue weighted by Gasteiger charge is 2.09. The Morgan fingerprint density at radius 3 is 2.57 bits per heavy atom. The predicted octanol–water partition coefficient (Wildman–Crippen LogP) is 4.22. The Balaban J connectivity index is 2.10. The van der Waals surface area contributed by atoms with Crippen molar-refractivity contribution >= 4 is 10.9 Å². The largest absolute Gasteiger partial charge is 0.311 e. The van der Waals surface area contributed by atoms with E-state index in [-0.39, 0.29) is 0 Å². The molecule has 1 aromatic carbocycles. The number of aromatic nitrogens is 2. The first-order valence-electron chi connectivity index (χ1n) is 8.23. The van der Waals surface area contributed by atoms with Gasteiger partial charge in [0.25, 0.3) is 0 Å². The Labute approximate surface area is 128 Å². The van der Waals surface area contributed by atoms with Gasteiger partial charge in [0.2, 0.25) is 0 Å². The molecule has 3 heteroatoms. The number of para-hydroxylation sites is 1. The quantitative estimate of drug-likeness (QED) is 0.788. The molecule has 3 nitrogen and oxygen atoms in total. The summed E-state index contributed by atoms with van der Waals surface area (Å²) in [5.41, 5.74) is 2.44. The number of hydrogen-bond donors (Lipinski definition) is 1. The molecule has 21 heavy (non-hydrogen) atoms. The SMILES string of the molecule is CC(C)CCCn1nc(CNCC(C)C)c2ccccc21. The van der Waals surface area contributed by atoms with Crippen molar-refractivity contribution in [2.24, 2.45) is 11.8 Å². The second kappa shape index (κ2) is 7.60. The maximum absolute atomic E-state index is 4.84. The summed E-state index contributed by atoms with van der Waals surface area (Å²) in [5.74, 6) is 1.43. The fourth-order valence-corrected chi connectivity index (χ4v) is 2.63. The minimum atomic E-state index is 0.671. The van der Waals surface area contributed by atoms with Crippen LogP contribution in [0.4, 0.5) is 0 Å². The molecule has 0 fully saturated rings. The standard InChI is InChI=1S/C18H29N3/c1-14(2)8-7-11-21-18-10-6-5-9-16(18)17(20-21)13-19-12-15(3)4/h5-6,9-10,14-15,19H,7-8,11-13H2,1-4H3. The lowest BCUT2D eigenvalue weighted by Crippen LogP contribution is -2.19. The molecule has 2 rings (SSSR count). The molecule has 0 aliphatic carbocycles. The Hall–Kier alpha value is -1.35. The predicted molar refractivity (Wildman–Crippen MR) is 90.3 cm³/mol. The van der Waals surface area contributed by atoms with Crippen LogP contribution in [0.1, 0.15) is 46.2 Å². The molecule has 1 aromatic heterocycles. The van der Waals surface area contributed by atoms with Crippen molar-refractivity contribution in [3.63, 3.8) is 0 Å². The fraction of sp³-hybridized carbons (Fsp3) is 0.611. The van der Waals surface area contributed by atoms with Gasteiger partial charge in [-0.05, 0) is 37.3 Å². The number of nitrogens with zero attached hydrogens (tertiary/aromatic N) is 2. The van der Waals surface area contributed by atoms with Crippen LogP contribution in [0.15, 0.2) is 24.3 Å². The molecule has 0 unspecified atom stereocenters. The first-order chi connectivity index (χ1) is 10.1. The zero-order valence-corrected chi connectivity index (χ0v) is 13.9. The van der Waals surface area contributed by atoms with Crippen molar-refractivity contribution in [3.8, 4) is 0 Å². The molecule has 2 aromatic rings. The summed E-state index contributed by atoms with van der Waals surface area (Å²) in [6.45, 7) is 11.9. The van der Waals surface area contributed by atoms with E-state index in [4.69, 9.17) is 5.10 Å². The lowest BCUT2D eigenvalue weighted by Gasteiger charge is -2.06. The van der Waals surface area contributed by atoms with Gasteiger partial charge in [0, 0.05) is 18.5 Å². The zero-order chi connectivity index (χ0) is 15.2. The van der Waals surface area contributed by atoms with E-state index in [0.717, 1.165) is 25.6 Å². The number of hydrogen-bond acceptors (Lipinski definition) is 2. The highest BCUT2D eigenvalue weighted by atomic mass is 15.3. The Bertz CT molecular complexity index is 507. The number of nitrogens with one attached hydrogen (secondary N) is 1. The molecule has 0 aliphatic rings. The normalized spacial score (nSPS) is 11.9. The van der Waals surface area contributed by atoms with E-state index in [0.29, 0.717) is 5.92 Å². The molecule has 0 radical (unpaired) electrons. The number of rotatable bonds is 8. The lowest BCUT2D eigenvalue weighted by molar-refractivity contribution is 0.491. The van der Waals surface area contributed by atoms with Crippen LogP contribution in [-0.2, 0) is 13.1 Å². The third-order valence-corrected chi connectivity index (χ3v) is 3.73. The van der Waals surface area contributed by atoms with Gasteiger partial charge in [-0.2, -0.15) is 5.10 Å². The summed E-state index contributed by atoms with van der Waals surface area (Å²) in [7, 11) is 0. The maximum atomic E-state index is 4.84. The van der Waals surface area contributed by atoms with E-state index in [2.05, 4.69) is 62.0 Å². The summed E-state index contributed by atoms with van der Waals surface area (Å²) in [6, 6.07) is 8.58. The van der Waals surface area contributed by atoms with Crippen LogP contribution in [0, 0.1) is 11.8 Å². The molecule has 0 bridgehead atoms. The first-order valence-corrected chi connectivity index (χ1v) is 8.23. The van der Waals surface area contributed by atoms with Gasteiger partial charge in [-0.1, -0.05) is 45.9 Å². The average molecular weight is 287 g/mol. The van der Waals surface area contributed by atoms with Crippen molar-refractivity contribution in [2.45, 2.75) is 53.6 Å². The number of aryl methyl sites for hydroxylation is 1. The molecule has 1 N–H and O–H groups in total. The summed E-state index contributed by atoms with van der Waals surface area (Å²) in [4.78, 5) is 0. The van der Waals surface area contributed by atoms with E-state index >= 15 is 0 Å². The first kappa shape index (κ1) is 16.0. The van der Waals surface area contributed by atoms with Gasteiger partial charge in [0.15, 0.2) is 0 Å². The molecule has 0 spiro atoms. The topological polar surface area (TPSA) is 29.9 Å². The molecule has 0 atom stereocenters. The van der Waals surface area contributed by atoms with E-state index in [1.54, 1.807) is 0 Å². The van der Waals surface area contributed by atoms with Crippen LogP contribution in [0.2, 0.25) is 0 Å². The summed E-state index contributed by atoms with van der Waals surface area (Å²) in [5, 5.41) is 9.63. The highest BCUT2D eigenvalue weighted by molar-refractivity contribution is 5.81. The smallest absolute Gasteiger partial charge is 0.0841 e. The highest BCUT2D eigenvalue weighted by Crippen LogP contribution is 2.19. The van der Waals surface area contributed by atoms with Crippen molar-refractivity contribution in [3.05, 3.63) is 30.0 Å². The van der Waals surface area contributed by atoms with Crippen LogP contribution >= 0.6 is 0 Å². The molecule has 0 saturated heterocycles. The number of benzene rings is 1. The summed E-state index contributed by atoms with van der Waals surface area (Å²) >= 11 is 0. The third-order valence-electron chi connectivity index (χ3n) is 3.73. The average Bonchev–Trinajstić information content (AvgIpc) is 2.77. The van der Waals surface area contributed by atoms with Gasteiger partial charge in [-0.15, -0.1) is 0 Å². The van der Waals surface area contributed by atoms with Crippen molar-refractivity contribution in [1.29, 1.82) is 0 Å². The maximum Gasteiger partial charge on any atom is 0.0841 e. The van der Waals surface area contributed by atoms with E-state index in [1.165, 1.54) is 29.4 Å². The van der Waals surface area contributed by atoms with Gasteiger partial charge in [0.1, 0.15) is 0 Å². The van der Waals surface area contributed by atoms with Crippen LogP contribution < -0.4 is 5.32 Å². The van der Waals surface area contributed by atoms with Crippen LogP contribution in [0.3, 0.4) is 0 Å². The molecular weight excluding hydrogens is 258 g/mol. The van der Waals surface area contributed by atoms with Gasteiger partial charge in [-0.3, -0.25) is 4.68 Å². The van der Waals surface area contributed by atoms with Crippen molar-refractivity contribution in [2.75, 3.05) is 6.54 Å². The summed E-state index contributed by atoms with van der Waals surface area (Å²) < 4.78 is 2.18. The van der Waals surface area contributed by atoms with E-state index in [1.807, 2.05) is 0 Å². The molecule has 0 aliphatic heterocycles. The zero-order valence-electron chi connectivity index (χ0n) is 13.9. The lowest BCUT2D eigenvalue weighted by atomic mass is 10.1. The van der Waals surface area contributed by atoms with Crippen LogP contribution in [-0.4, -0.2) is 16.3 Å². The fourth-order valence-electron chi connectivity index (χ4n) is 2.63. The second-order valence-electron chi connectivity index (χ2n) is 6.75. The summed E-state index contributed by atoms with van der Waals surface area (Å²) in [6.07, 6.45) is 2.46. The van der Waals surface area contributed by atoms with Crippen molar-refractivity contribution in [1.82, 2.24) is 15.1 Å². The molecule has 0 amide bonds. The molecule has 116 valence electrons. The minimum Gasteiger partial charge on any atom is -0.311 e. The van der Waals surface area contributed by atoms with Gasteiger partial charge < -0.3 is 5.32 Å². The monoisotopic (exact) mass is 287 g/mol. The molecule has 1 heterocycles. The molecular formula is C18H29N3. The van der Waals surface area contributed by atoms with Crippen LogP contribution in [0.25, 0.3) is 10.9 Å². The Morgan fingerprint density at radius 1 is 1.10 bits per heavy atom. The van der Waals surface area contributed by atoms with E-state index < -0.39 is 0 Å². The number of fused-ring (bicyclic) bond motifs is 1. The minimum absolute atomic E-state index is 0.671. The van der Waals surface area contributed by atoms with Gasteiger partial charge in [-0.25, -0.2) is 0 Å².